The molecule has 0 saturated carbocycles. The minimum atomic E-state index is -0.561. The lowest BCUT2D eigenvalue weighted by Crippen LogP contribution is -2.12. The van der Waals surface area contributed by atoms with Crippen LogP contribution in [0.1, 0.15) is 15.9 Å². The van der Waals surface area contributed by atoms with E-state index in [4.69, 9.17) is 21.1 Å². The number of hydrogen-bond donors (Lipinski definition) is 0. The molecule has 5 nitrogen and oxygen atoms in total. The van der Waals surface area contributed by atoms with Crippen molar-refractivity contribution in [3.05, 3.63) is 64.1 Å². The Balaban J connectivity index is 1.86. The van der Waals surface area contributed by atoms with Gasteiger partial charge in [0.2, 0.25) is 5.78 Å². The number of halogens is 2. The largest absolute Gasteiger partial charge is 0.482 e. The lowest BCUT2D eigenvalue weighted by Gasteiger charge is -2.05. The zero-order chi connectivity index (χ0) is 18.0. The highest BCUT2D eigenvalue weighted by molar-refractivity contribution is 6.32. The third-order valence-electron chi connectivity index (χ3n) is 3.50. The Hall–Kier alpha value is -2.86. The monoisotopic (exact) mass is 362 g/mol. The zero-order valence-corrected chi connectivity index (χ0v) is 13.8. The standard InChI is InChI=1S/C18H12ClFO5/c1-23-17(21)9-24-10-5-6-11-15(7-10)25-16(18(11)22)8-12-13(19)3-2-4-14(12)20/h2-8H,9H2,1H3/b16-8+. The molecule has 0 atom stereocenters. The van der Waals surface area contributed by atoms with Crippen molar-refractivity contribution in [2.24, 2.45) is 0 Å². The summed E-state index contributed by atoms with van der Waals surface area (Å²) in [7, 11) is 1.25. The van der Waals surface area contributed by atoms with Gasteiger partial charge in [-0.05, 0) is 30.3 Å². The summed E-state index contributed by atoms with van der Waals surface area (Å²) in [5.41, 5.74) is 0.381. The maximum atomic E-state index is 13.9. The van der Waals surface area contributed by atoms with Gasteiger partial charge in [0, 0.05) is 11.6 Å². The summed E-state index contributed by atoms with van der Waals surface area (Å²) in [4.78, 5) is 23.5. The Morgan fingerprint density at radius 2 is 2.12 bits per heavy atom. The summed E-state index contributed by atoms with van der Waals surface area (Å²) in [5, 5.41) is 0.168. The first kappa shape index (κ1) is 17.0. The molecule has 0 spiro atoms. The van der Waals surface area contributed by atoms with Gasteiger partial charge in [0.15, 0.2) is 12.4 Å². The lowest BCUT2D eigenvalue weighted by atomic mass is 10.1. The summed E-state index contributed by atoms with van der Waals surface area (Å²) in [6, 6.07) is 8.73. The van der Waals surface area contributed by atoms with Crippen LogP contribution in [0.25, 0.3) is 6.08 Å². The minimum Gasteiger partial charge on any atom is -0.482 e. The number of benzene rings is 2. The second kappa shape index (κ2) is 6.94. The van der Waals surface area contributed by atoms with E-state index < -0.39 is 17.6 Å². The fourth-order valence-corrected chi connectivity index (χ4v) is 2.46. The number of ketones is 1. The zero-order valence-electron chi connectivity index (χ0n) is 13.0. The third-order valence-corrected chi connectivity index (χ3v) is 3.83. The van der Waals surface area contributed by atoms with Gasteiger partial charge in [-0.3, -0.25) is 4.79 Å². The van der Waals surface area contributed by atoms with Crippen LogP contribution in [0.15, 0.2) is 42.2 Å². The van der Waals surface area contributed by atoms with E-state index in [1.807, 2.05) is 0 Å². The molecule has 1 heterocycles. The summed E-state index contributed by atoms with van der Waals surface area (Å²) in [6.07, 6.45) is 1.26. The number of carbonyl (C=O) groups excluding carboxylic acids is 2. The van der Waals surface area contributed by atoms with Gasteiger partial charge in [-0.2, -0.15) is 0 Å². The number of Topliss-reactive ketones (excluding diaryl/α,β-unsaturated/α-hetero) is 1. The van der Waals surface area contributed by atoms with E-state index in [0.717, 1.165) is 0 Å². The molecule has 2 aromatic rings. The number of ether oxygens (including phenoxy) is 3. The molecule has 0 amide bonds. The number of methoxy groups -OCH3 is 1. The van der Waals surface area contributed by atoms with E-state index in [1.54, 1.807) is 0 Å². The molecule has 7 heteroatoms. The first-order chi connectivity index (χ1) is 12.0. The molecule has 0 aromatic heterocycles. The van der Waals surface area contributed by atoms with Gasteiger partial charge in [-0.25, -0.2) is 9.18 Å². The van der Waals surface area contributed by atoms with Crippen LogP contribution in [0.3, 0.4) is 0 Å². The molecule has 0 unspecified atom stereocenters. The highest BCUT2D eigenvalue weighted by Gasteiger charge is 2.28. The molecule has 1 aliphatic rings. The van der Waals surface area contributed by atoms with Crippen LogP contribution >= 0.6 is 11.6 Å². The Morgan fingerprint density at radius 3 is 2.84 bits per heavy atom. The molecule has 1 aliphatic heterocycles. The van der Waals surface area contributed by atoms with E-state index in [0.29, 0.717) is 11.3 Å². The predicted octanol–water partition coefficient (Wildman–Crippen LogP) is 3.65. The molecule has 0 aliphatic carbocycles. The molecule has 25 heavy (non-hydrogen) atoms. The molecular weight excluding hydrogens is 351 g/mol. The Labute approximate surface area is 147 Å². The van der Waals surface area contributed by atoms with Crippen LogP contribution in [-0.2, 0) is 9.53 Å². The van der Waals surface area contributed by atoms with Crippen molar-refractivity contribution in [1.29, 1.82) is 0 Å². The molecule has 128 valence electrons. The van der Waals surface area contributed by atoms with Crippen LogP contribution in [0.2, 0.25) is 5.02 Å². The van der Waals surface area contributed by atoms with Crippen LogP contribution in [-0.4, -0.2) is 25.5 Å². The van der Waals surface area contributed by atoms with E-state index in [1.165, 1.54) is 49.6 Å². The Bertz CT molecular complexity index is 871. The Morgan fingerprint density at radius 1 is 1.32 bits per heavy atom. The van der Waals surface area contributed by atoms with E-state index in [2.05, 4.69) is 4.74 Å². The number of hydrogen-bond acceptors (Lipinski definition) is 5. The van der Waals surface area contributed by atoms with Gasteiger partial charge in [-0.15, -0.1) is 0 Å². The van der Waals surface area contributed by atoms with Crippen LogP contribution in [0, 0.1) is 5.82 Å². The molecule has 3 rings (SSSR count). The number of allylic oxidation sites excluding steroid dienone is 1. The normalized spacial score (nSPS) is 14.2. The molecule has 0 fully saturated rings. The van der Waals surface area contributed by atoms with Gasteiger partial charge < -0.3 is 14.2 Å². The van der Waals surface area contributed by atoms with Gasteiger partial charge in [0.1, 0.15) is 17.3 Å². The van der Waals surface area contributed by atoms with Crippen LogP contribution in [0.5, 0.6) is 11.5 Å². The summed E-state index contributed by atoms with van der Waals surface area (Å²) < 4.78 is 29.1. The second-order valence-electron chi connectivity index (χ2n) is 5.10. The molecule has 0 radical (unpaired) electrons. The fourth-order valence-electron chi connectivity index (χ4n) is 2.24. The van der Waals surface area contributed by atoms with Crippen molar-refractivity contribution in [3.63, 3.8) is 0 Å². The quantitative estimate of drug-likeness (QED) is 0.613. The van der Waals surface area contributed by atoms with Crippen molar-refractivity contribution in [2.45, 2.75) is 0 Å². The number of rotatable bonds is 4. The highest BCUT2D eigenvalue weighted by atomic mass is 35.5. The maximum Gasteiger partial charge on any atom is 0.343 e. The van der Waals surface area contributed by atoms with Crippen molar-refractivity contribution >= 4 is 29.4 Å². The molecule has 2 aromatic carbocycles. The SMILES string of the molecule is COC(=O)COc1ccc2c(c1)O/C(=C/c1c(F)cccc1Cl)C2=O. The molecule has 0 saturated heterocycles. The smallest absolute Gasteiger partial charge is 0.343 e. The number of carbonyl (C=O) groups is 2. The average molecular weight is 363 g/mol. The van der Waals surface area contributed by atoms with Crippen molar-refractivity contribution < 1.29 is 28.2 Å². The first-order valence-electron chi connectivity index (χ1n) is 7.21. The van der Waals surface area contributed by atoms with E-state index >= 15 is 0 Å². The number of fused-ring (bicyclic) bond motifs is 1. The maximum absolute atomic E-state index is 13.9. The first-order valence-corrected chi connectivity index (χ1v) is 7.59. The summed E-state index contributed by atoms with van der Waals surface area (Å²) in [6.45, 7) is -0.267. The molecular formula is C18H12ClFO5. The molecule has 0 bridgehead atoms. The highest BCUT2D eigenvalue weighted by Crippen LogP contribution is 2.35. The minimum absolute atomic E-state index is 0.0490. The number of esters is 1. The van der Waals surface area contributed by atoms with Gasteiger partial charge >= 0.3 is 5.97 Å². The van der Waals surface area contributed by atoms with Crippen molar-refractivity contribution in [3.8, 4) is 11.5 Å². The van der Waals surface area contributed by atoms with Crippen LogP contribution < -0.4 is 9.47 Å². The Kier molecular flexibility index (Phi) is 4.72. The van der Waals surface area contributed by atoms with E-state index in [9.17, 15) is 14.0 Å². The second-order valence-corrected chi connectivity index (χ2v) is 5.51. The lowest BCUT2D eigenvalue weighted by molar-refractivity contribution is -0.142. The topological polar surface area (TPSA) is 61.8 Å². The van der Waals surface area contributed by atoms with Crippen molar-refractivity contribution in [2.75, 3.05) is 13.7 Å². The third kappa shape index (κ3) is 3.49. The van der Waals surface area contributed by atoms with Crippen molar-refractivity contribution in [1.82, 2.24) is 0 Å². The van der Waals surface area contributed by atoms with Gasteiger partial charge in [0.25, 0.3) is 0 Å². The van der Waals surface area contributed by atoms with Gasteiger partial charge in [0.05, 0.1) is 17.7 Å². The predicted molar refractivity (Wildman–Crippen MR) is 88.3 cm³/mol. The summed E-state index contributed by atoms with van der Waals surface area (Å²) >= 11 is 5.96. The fraction of sp³-hybridized carbons (Fsp3) is 0.111. The average Bonchev–Trinajstić information content (AvgIpc) is 2.91. The summed E-state index contributed by atoms with van der Waals surface area (Å²) in [5.74, 6) is -0.948. The molecule has 0 N–H and O–H groups in total. The van der Waals surface area contributed by atoms with Gasteiger partial charge in [-0.1, -0.05) is 17.7 Å². The van der Waals surface area contributed by atoms with Crippen LogP contribution in [0.4, 0.5) is 4.39 Å². The van der Waals surface area contributed by atoms with E-state index in [-0.39, 0.29) is 28.7 Å².